The molecular formula is C11H21N3O3S. The van der Waals surface area contributed by atoms with Crippen molar-refractivity contribution in [2.45, 2.75) is 45.2 Å². The van der Waals surface area contributed by atoms with Gasteiger partial charge in [-0.05, 0) is 18.8 Å². The van der Waals surface area contributed by atoms with Crippen LogP contribution in [0.15, 0.2) is 0 Å². The molecule has 0 aromatic rings. The number of nitrogens with two attached hydrogens (primary N) is 2. The molecule has 0 aliphatic heterocycles. The molecule has 0 aliphatic rings. The van der Waals surface area contributed by atoms with Crippen LogP contribution in [0.4, 0.5) is 0 Å². The smallest absolute Gasteiger partial charge is 0.237 e. The molecule has 104 valence electrons. The van der Waals surface area contributed by atoms with Gasteiger partial charge in [-0.25, -0.2) is 0 Å². The molecule has 0 rings (SSSR count). The molecule has 0 aromatic heterocycles. The predicted molar refractivity (Wildman–Crippen MR) is 71.8 cm³/mol. The van der Waals surface area contributed by atoms with Crippen LogP contribution in [0.2, 0.25) is 0 Å². The summed E-state index contributed by atoms with van der Waals surface area (Å²) < 4.78 is 0. The number of thiol groups is 1. The first kappa shape index (κ1) is 16.9. The summed E-state index contributed by atoms with van der Waals surface area (Å²) >= 11 is 3.66. The van der Waals surface area contributed by atoms with Crippen molar-refractivity contribution in [3.8, 4) is 0 Å². The number of carbonyl (C=O) groups is 3. The zero-order chi connectivity index (χ0) is 14.3. The molecule has 0 unspecified atom stereocenters. The van der Waals surface area contributed by atoms with Gasteiger partial charge in [-0.1, -0.05) is 13.8 Å². The van der Waals surface area contributed by atoms with Crippen molar-refractivity contribution in [3.63, 3.8) is 0 Å². The van der Waals surface area contributed by atoms with Gasteiger partial charge in [0.25, 0.3) is 0 Å². The Labute approximate surface area is 112 Å². The van der Waals surface area contributed by atoms with E-state index in [2.05, 4.69) is 17.9 Å². The molecule has 6 nitrogen and oxygen atoms in total. The molecule has 7 heteroatoms. The minimum Gasteiger partial charge on any atom is -0.370 e. The Morgan fingerprint density at radius 2 is 1.83 bits per heavy atom. The number of rotatable bonds is 8. The van der Waals surface area contributed by atoms with Crippen LogP contribution in [0.25, 0.3) is 0 Å². The molecule has 0 aliphatic carbocycles. The molecule has 2 amide bonds. The van der Waals surface area contributed by atoms with Crippen LogP contribution in [0.5, 0.6) is 0 Å². The van der Waals surface area contributed by atoms with E-state index in [9.17, 15) is 14.4 Å². The molecule has 0 bridgehead atoms. The van der Waals surface area contributed by atoms with E-state index < -0.39 is 29.0 Å². The average Bonchev–Trinajstić information content (AvgIpc) is 2.21. The van der Waals surface area contributed by atoms with Crippen molar-refractivity contribution >= 4 is 29.6 Å². The highest BCUT2D eigenvalue weighted by molar-refractivity contribution is 7.96. The normalized spacial score (nSPS) is 14.1. The third-order valence-corrected chi connectivity index (χ3v) is 2.67. The predicted octanol–water partition coefficient (Wildman–Crippen LogP) is -0.433. The standard InChI is InChI=1S/C11H21N3O3S/c1-6(2)5-7(12)10(16)14-8(11(17)18)3-4-9(13)15/h6-8H,3-5,12H2,1-2H3,(H2,13,15)(H,14,16)(H,17,18)/t7-,8-/m0/s1. The van der Waals surface area contributed by atoms with Gasteiger partial charge in [-0.3, -0.25) is 14.4 Å². The Hall–Kier alpha value is -1.08. The second-order valence-corrected chi connectivity index (χ2v) is 5.08. The topological polar surface area (TPSA) is 115 Å². The number of hydrogen-bond donors (Lipinski definition) is 4. The maximum atomic E-state index is 11.7. The summed E-state index contributed by atoms with van der Waals surface area (Å²) in [5.74, 6) is -0.669. The molecule has 5 N–H and O–H groups in total. The molecule has 0 radical (unpaired) electrons. The van der Waals surface area contributed by atoms with Gasteiger partial charge >= 0.3 is 0 Å². The minimum atomic E-state index is -0.827. The zero-order valence-corrected chi connectivity index (χ0v) is 11.6. The van der Waals surface area contributed by atoms with Crippen molar-refractivity contribution in [1.29, 1.82) is 0 Å². The third kappa shape index (κ3) is 7.29. The fraction of sp³-hybridized carbons (Fsp3) is 0.727. The lowest BCUT2D eigenvalue weighted by Gasteiger charge is -2.19. The summed E-state index contributed by atoms with van der Waals surface area (Å²) in [6, 6.07) is -1.50. The molecule has 0 saturated carbocycles. The summed E-state index contributed by atoms with van der Waals surface area (Å²) in [7, 11) is 0. The van der Waals surface area contributed by atoms with Crippen LogP contribution >= 0.6 is 12.6 Å². The number of hydrogen-bond acceptors (Lipinski definition) is 4. The fourth-order valence-corrected chi connectivity index (χ4v) is 1.63. The van der Waals surface area contributed by atoms with Gasteiger partial charge < -0.3 is 16.8 Å². The van der Waals surface area contributed by atoms with Crippen LogP contribution in [0.3, 0.4) is 0 Å². The van der Waals surface area contributed by atoms with E-state index in [0.29, 0.717) is 6.42 Å². The van der Waals surface area contributed by atoms with Crippen molar-refractivity contribution in [2.75, 3.05) is 0 Å². The lowest BCUT2D eigenvalue weighted by atomic mass is 10.0. The first-order valence-corrected chi connectivity index (χ1v) is 6.25. The van der Waals surface area contributed by atoms with E-state index in [1.54, 1.807) is 0 Å². The highest BCUT2D eigenvalue weighted by Crippen LogP contribution is 2.05. The van der Waals surface area contributed by atoms with Gasteiger partial charge in [-0.15, -0.1) is 12.6 Å². The van der Waals surface area contributed by atoms with Crippen molar-refractivity contribution in [3.05, 3.63) is 0 Å². The lowest BCUT2D eigenvalue weighted by Crippen LogP contribution is -2.48. The molecule has 18 heavy (non-hydrogen) atoms. The van der Waals surface area contributed by atoms with Crippen LogP contribution in [-0.4, -0.2) is 29.0 Å². The van der Waals surface area contributed by atoms with Crippen LogP contribution < -0.4 is 16.8 Å². The highest BCUT2D eigenvalue weighted by Gasteiger charge is 2.22. The van der Waals surface area contributed by atoms with Crippen LogP contribution in [0, 0.1) is 5.92 Å². The number of primary amides is 1. The van der Waals surface area contributed by atoms with Gasteiger partial charge in [0.2, 0.25) is 16.9 Å². The molecule has 0 heterocycles. The maximum Gasteiger partial charge on any atom is 0.237 e. The van der Waals surface area contributed by atoms with E-state index in [4.69, 9.17) is 11.5 Å². The molecule has 0 spiro atoms. The highest BCUT2D eigenvalue weighted by atomic mass is 32.1. The van der Waals surface area contributed by atoms with Crippen molar-refractivity contribution in [2.24, 2.45) is 17.4 Å². The minimum absolute atomic E-state index is 0.0106. The van der Waals surface area contributed by atoms with E-state index in [1.807, 2.05) is 13.8 Å². The van der Waals surface area contributed by atoms with Crippen LogP contribution in [-0.2, 0) is 14.4 Å². The van der Waals surface area contributed by atoms with Crippen LogP contribution in [0.1, 0.15) is 33.1 Å². The largest absolute Gasteiger partial charge is 0.370 e. The molecule has 0 fully saturated rings. The lowest BCUT2D eigenvalue weighted by molar-refractivity contribution is -0.126. The Balaban J connectivity index is 4.35. The van der Waals surface area contributed by atoms with E-state index in [0.717, 1.165) is 0 Å². The van der Waals surface area contributed by atoms with Gasteiger partial charge in [0.05, 0.1) is 12.1 Å². The fourth-order valence-electron chi connectivity index (χ4n) is 1.44. The van der Waals surface area contributed by atoms with E-state index >= 15 is 0 Å². The Bertz CT molecular complexity index is 321. The summed E-state index contributed by atoms with van der Waals surface area (Å²) in [6.45, 7) is 3.89. The van der Waals surface area contributed by atoms with E-state index in [1.165, 1.54) is 0 Å². The quantitative estimate of drug-likeness (QED) is 0.450. The van der Waals surface area contributed by atoms with Gasteiger partial charge in [0, 0.05) is 6.42 Å². The first-order valence-electron chi connectivity index (χ1n) is 5.81. The number of carbonyl (C=O) groups excluding carboxylic acids is 3. The number of nitrogens with one attached hydrogen (secondary N) is 1. The van der Waals surface area contributed by atoms with Gasteiger partial charge in [-0.2, -0.15) is 0 Å². The van der Waals surface area contributed by atoms with Crippen molar-refractivity contribution < 1.29 is 14.4 Å². The zero-order valence-electron chi connectivity index (χ0n) is 10.7. The molecule has 2 atom stereocenters. The number of amides is 2. The summed E-state index contributed by atoms with van der Waals surface area (Å²) in [5.41, 5.74) is 10.7. The summed E-state index contributed by atoms with van der Waals surface area (Å²) in [6.07, 6.45) is 0.670. The van der Waals surface area contributed by atoms with Crippen molar-refractivity contribution in [1.82, 2.24) is 5.32 Å². The molecule has 0 aromatic carbocycles. The monoisotopic (exact) mass is 275 g/mol. The Kier molecular flexibility index (Phi) is 7.61. The second-order valence-electron chi connectivity index (χ2n) is 4.64. The molecule has 0 saturated heterocycles. The average molecular weight is 275 g/mol. The summed E-state index contributed by atoms with van der Waals surface area (Å²) in [4.78, 5) is 33.5. The van der Waals surface area contributed by atoms with Gasteiger partial charge in [0.15, 0.2) is 0 Å². The summed E-state index contributed by atoms with van der Waals surface area (Å²) in [5, 5.41) is 1.97. The SMILES string of the molecule is CC(C)C[C@H](N)C(=O)N[C@@H](CCC(N)=O)C(=O)S. The Morgan fingerprint density at radius 1 is 1.28 bits per heavy atom. The first-order chi connectivity index (χ1) is 8.23. The van der Waals surface area contributed by atoms with Gasteiger partial charge in [0.1, 0.15) is 0 Å². The third-order valence-electron chi connectivity index (χ3n) is 2.36. The Morgan fingerprint density at radius 3 is 2.22 bits per heavy atom. The van der Waals surface area contributed by atoms with E-state index in [-0.39, 0.29) is 18.8 Å². The second kappa shape index (κ2) is 8.10. The molecular weight excluding hydrogens is 254 g/mol. The maximum absolute atomic E-state index is 11.7.